The van der Waals surface area contributed by atoms with Crippen molar-refractivity contribution in [3.8, 4) is 0 Å². The van der Waals surface area contributed by atoms with E-state index < -0.39 is 0 Å². The Labute approximate surface area is 110 Å². The number of benzene rings is 1. The van der Waals surface area contributed by atoms with Crippen LogP contribution in [0.25, 0.3) is 10.2 Å². The molecule has 1 aliphatic carbocycles. The summed E-state index contributed by atoms with van der Waals surface area (Å²) in [7, 11) is 0. The molecule has 3 rings (SSSR count). The van der Waals surface area contributed by atoms with Crippen molar-refractivity contribution in [2.24, 2.45) is 5.73 Å². The predicted octanol–water partition coefficient (Wildman–Crippen LogP) is 3.72. The second-order valence-corrected chi connectivity index (χ2v) is 6.29. The zero-order valence-electron chi connectivity index (χ0n) is 9.58. The number of rotatable bonds is 2. The van der Waals surface area contributed by atoms with Gasteiger partial charge in [-0.25, -0.2) is 4.98 Å². The summed E-state index contributed by atoms with van der Waals surface area (Å²) < 4.78 is 1.21. The van der Waals surface area contributed by atoms with Gasteiger partial charge in [0.25, 0.3) is 0 Å². The zero-order chi connectivity index (χ0) is 11.9. The lowest BCUT2D eigenvalue weighted by molar-refractivity contribution is 0.451. The summed E-state index contributed by atoms with van der Waals surface area (Å²) in [5, 5.41) is 1.96. The second kappa shape index (κ2) is 4.23. The van der Waals surface area contributed by atoms with Crippen molar-refractivity contribution in [2.45, 2.75) is 31.1 Å². The SMILES string of the molecule is NCC1(c2nc3cc(Cl)ccc3s2)CCCC1. The van der Waals surface area contributed by atoms with Gasteiger partial charge in [-0.2, -0.15) is 0 Å². The molecule has 1 aromatic carbocycles. The molecule has 1 aromatic heterocycles. The third kappa shape index (κ3) is 1.86. The summed E-state index contributed by atoms with van der Waals surface area (Å²) in [6.45, 7) is 0.709. The quantitative estimate of drug-likeness (QED) is 0.900. The van der Waals surface area contributed by atoms with E-state index in [-0.39, 0.29) is 5.41 Å². The molecule has 0 amide bonds. The number of nitrogens with two attached hydrogens (primary N) is 1. The second-order valence-electron chi connectivity index (χ2n) is 4.82. The molecule has 1 aliphatic rings. The van der Waals surface area contributed by atoms with E-state index in [4.69, 9.17) is 22.3 Å². The molecule has 0 bridgehead atoms. The molecule has 4 heteroatoms. The number of halogens is 1. The molecule has 1 fully saturated rings. The highest BCUT2D eigenvalue weighted by molar-refractivity contribution is 7.18. The predicted molar refractivity (Wildman–Crippen MR) is 73.8 cm³/mol. The highest BCUT2D eigenvalue weighted by Gasteiger charge is 2.37. The fourth-order valence-electron chi connectivity index (χ4n) is 2.68. The monoisotopic (exact) mass is 266 g/mol. The summed E-state index contributed by atoms with van der Waals surface area (Å²) >= 11 is 7.77. The first-order chi connectivity index (χ1) is 8.23. The maximum absolute atomic E-state index is 6.00. The number of hydrogen-bond donors (Lipinski definition) is 1. The Balaban J connectivity index is 2.11. The third-order valence-electron chi connectivity index (χ3n) is 3.75. The van der Waals surface area contributed by atoms with Gasteiger partial charge >= 0.3 is 0 Å². The van der Waals surface area contributed by atoms with E-state index in [0.717, 1.165) is 10.5 Å². The van der Waals surface area contributed by atoms with Crippen LogP contribution in [0.3, 0.4) is 0 Å². The van der Waals surface area contributed by atoms with Gasteiger partial charge in [0, 0.05) is 17.0 Å². The maximum atomic E-state index is 6.00. The van der Waals surface area contributed by atoms with Crippen LogP contribution in [-0.2, 0) is 5.41 Å². The van der Waals surface area contributed by atoms with Gasteiger partial charge in [-0.3, -0.25) is 0 Å². The molecule has 2 aromatic rings. The van der Waals surface area contributed by atoms with Crippen LogP contribution in [0.4, 0.5) is 0 Å². The molecular weight excluding hydrogens is 252 g/mol. The Morgan fingerprint density at radius 1 is 1.35 bits per heavy atom. The lowest BCUT2D eigenvalue weighted by Gasteiger charge is -2.23. The number of nitrogens with zero attached hydrogens (tertiary/aromatic N) is 1. The molecule has 90 valence electrons. The van der Waals surface area contributed by atoms with E-state index in [0.29, 0.717) is 6.54 Å². The average molecular weight is 267 g/mol. The van der Waals surface area contributed by atoms with E-state index >= 15 is 0 Å². The van der Waals surface area contributed by atoms with Gasteiger partial charge in [-0.15, -0.1) is 11.3 Å². The van der Waals surface area contributed by atoms with Crippen LogP contribution in [0.5, 0.6) is 0 Å². The van der Waals surface area contributed by atoms with E-state index in [1.165, 1.54) is 35.4 Å². The summed E-state index contributed by atoms with van der Waals surface area (Å²) in [5.74, 6) is 0. The fourth-order valence-corrected chi connectivity index (χ4v) is 4.05. The molecule has 0 radical (unpaired) electrons. The van der Waals surface area contributed by atoms with Crippen molar-refractivity contribution in [3.05, 3.63) is 28.2 Å². The smallest absolute Gasteiger partial charge is 0.101 e. The molecule has 17 heavy (non-hydrogen) atoms. The van der Waals surface area contributed by atoms with Gasteiger partial charge in [0.05, 0.1) is 10.2 Å². The van der Waals surface area contributed by atoms with Crippen molar-refractivity contribution in [1.29, 1.82) is 0 Å². The minimum atomic E-state index is 0.135. The van der Waals surface area contributed by atoms with Crippen LogP contribution in [0.15, 0.2) is 18.2 Å². The average Bonchev–Trinajstić information content (AvgIpc) is 2.94. The number of aromatic nitrogens is 1. The maximum Gasteiger partial charge on any atom is 0.101 e. The molecule has 0 atom stereocenters. The van der Waals surface area contributed by atoms with E-state index in [1.807, 2.05) is 12.1 Å². The highest BCUT2D eigenvalue weighted by Crippen LogP contribution is 2.43. The van der Waals surface area contributed by atoms with Crippen molar-refractivity contribution < 1.29 is 0 Å². The Kier molecular flexibility index (Phi) is 2.85. The van der Waals surface area contributed by atoms with Crippen molar-refractivity contribution in [2.75, 3.05) is 6.54 Å². The van der Waals surface area contributed by atoms with Gasteiger partial charge in [-0.05, 0) is 31.0 Å². The van der Waals surface area contributed by atoms with Gasteiger partial charge < -0.3 is 5.73 Å². The van der Waals surface area contributed by atoms with Crippen LogP contribution in [0.1, 0.15) is 30.7 Å². The number of fused-ring (bicyclic) bond motifs is 1. The molecule has 0 unspecified atom stereocenters. The Bertz CT molecular complexity index is 543. The fraction of sp³-hybridized carbons (Fsp3) is 0.462. The number of hydrogen-bond acceptors (Lipinski definition) is 3. The van der Waals surface area contributed by atoms with E-state index in [1.54, 1.807) is 11.3 Å². The van der Waals surface area contributed by atoms with Crippen molar-refractivity contribution >= 4 is 33.2 Å². The third-order valence-corrected chi connectivity index (χ3v) is 5.27. The number of thiazole rings is 1. The molecule has 0 aliphatic heterocycles. The topological polar surface area (TPSA) is 38.9 Å². The Morgan fingerprint density at radius 3 is 2.82 bits per heavy atom. The van der Waals surface area contributed by atoms with Gasteiger partial charge in [0.2, 0.25) is 0 Å². The van der Waals surface area contributed by atoms with Crippen molar-refractivity contribution in [1.82, 2.24) is 4.98 Å². The molecule has 2 N–H and O–H groups in total. The molecular formula is C13H15ClN2S. The molecule has 1 saturated carbocycles. The summed E-state index contributed by atoms with van der Waals surface area (Å²) in [5.41, 5.74) is 7.14. The van der Waals surface area contributed by atoms with Crippen LogP contribution in [0, 0.1) is 0 Å². The normalized spacial score (nSPS) is 18.9. The van der Waals surface area contributed by atoms with Gasteiger partial charge in [0.15, 0.2) is 0 Å². The van der Waals surface area contributed by atoms with Crippen LogP contribution >= 0.6 is 22.9 Å². The van der Waals surface area contributed by atoms with E-state index in [9.17, 15) is 0 Å². The summed E-state index contributed by atoms with van der Waals surface area (Å²) in [4.78, 5) is 4.75. The first-order valence-electron chi connectivity index (χ1n) is 6.00. The van der Waals surface area contributed by atoms with E-state index in [2.05, 4.69) is 6.07 Å². The molecule has 0 spiro atoms. The van der Waals surface area contributed by atoms with Gasteiger partial charge in [0.1, 0.15) is 5.01 Å². The Morgan fingerprint density at radius 2 is 2.12 bits per heavy atom. The Hall–Kier alpha value is -0.640. The summed E-state index contributed by atoms with van der Waals surface area (Å²) in [6.07, 6.45) is 4.90. The van der Waals surface area contributed by atoms with Gasteiger partial charge in [-0.1, -0.05) is 24.4 Å². The van der Waals surface area contributed by atoms with Crippen LogP contribution in [0.2, 0.25) is 5.02 Å². The first kappa shape index (κ1) is 11.5. The summed E-state index contributed by atoms with van der Waals surface area (Å²) in [6, 6.07) is 5.92. The van der Waals surface area contributed by atoms with Crippen LogP contribution in [-0.4, -0.2) is 11.5 Å². The molecule has 2 nitrogen and oxygen atoms in total. The lowest BCUT2D eigenvalue weighted by Crippen LogP contribution is -2.31. The standard InChI is InChI=1S/C13H15ClN2S/c14-9-3-4-11-10(7-9)16-12(17-11)13(8-15)5-1-2-6-13/h3-4,7H,1-2,5-6,8,15H2. The highest BCUT2D eigenvalue weighted by atomic mass is 35.5. The zero-order valence-corrected chi connectivity index (χ0v) is 11.2. The molecule has 0 saturated heterocycles. The largest absolute Gasteiger partial charge is 0.329 e. The molecule has 1 heterocycles. The first-order valence-corrected chi connectivity index (χ1v) is 7.20. The minimum Gasteiger partial charge on any atom is -0.329 e. The van der Waals surface area contributed by atoms with Crippen molar-refractivity contribution in [3.63, 3.8) is 0 Å². The van der Waals surface area contributed by atoms with Crippen LogP contribution < -0.4 is 5.73 Å². The lowest BCUT2D eigenvalue weighted by atomic mass is 9.87. The minimum absolute atomic E-state index is 0.135.